The summed E-state index contributed by atoms with van der Waals surface area (Å²) in [4.78, 5) is 0. The summed E-state index contributed by atoms with van der Waals surface area (Å²) < 4.78 is -1.65. The molecule has 4 heteroatoms. The predicted octanol–water partition coefficient (Wildman–Crippen LogP) is 2.38. The summed E-state index contributed by atoms with van der Waals surface area (Å²) >= 11 is 11.4. The largest absolute Gasteiger partial charge is 0.386 e. The van der Waals surface area contributed by atoms with E-state index in [4.69, 9.17) is 28.5 Å². The third kappa shape index (κ3) is 1.69. The minimum absolute atomic E-state index is 0.521. The van der Waals surface area contributed by atoms with Gasteiger partial charge in [0.1, 0.15) is 11.7 Å². The third-order valence-corrected chi connectivity index (χ3v) is 3.28. The molecule has 0 spiro atoms. The van der Waals surface area contributed by atoms with Gasteiger partial charge in [0.15, 0.2) is 0 Å². The maximum atomic E-state index is 9.91. The topological polar surface area (TPSA) is 44.0 Å². The average molecular weight is 208 g/mol. The fraction of sp³-hybridized carbons (Fsp3) is 0.875. The van der Waals surface area contributed by atoms with Gasteiger partial charge in [-0.3, -0.25) is 0 Å². The summed E-state index contributed by atoms with van der Waals surface area (Å²) in [6, 6.07) is 1.73. The van der Waals surface area contributed by atoms with Gasteiger partial charge in [-0.1, -0.05) is 42.5 Å². The predicted molar refractivity (Wildman–Crippen MR) is 48.1 cm³/mol. The monoisotopic (exact) mass is 207 g/mol. The van der Waals surface area contributed by atoms with Gasteiger partial charge in [-0.05, 0) is 12.8 Å². The van der Waals surface area contributed by atoms with Crippen LogP contribution in [0.25, 0.3) is 0 Å². The first kappa shape index (κ1) is 10.1. The zero-order valence-corrected chi connectivity index (χ0v) is 8.20. The minimum Gasteiger partial charge on any atom is -0.386 e. The standard InChI is InChI=1S/C8H11Cl2NO/c9-8(10,6-11)7(12)4-2-1-3-5-7/h12H,1-5H2. The zero-order valence-electron chi connectivity index (χ0n) is 6.69. The maximum Gasteiger partial charge on any atom is 0.231 e. The van der Waals surface area contributed by atoms with Gasteiger partial charge in [-0.15, -0.1) is 0 Å². The Morgan fingerprint density at radius 1 is 1.25 bits per heavy atom. The molecule has 0 atom stereocenters. The van der Waals surface area contributed by atoms with Crippen LogP contribution in [-0.4, -0.2) is 15.0 Å². The Hall–Kier alpha value is 0.0300. The molecule has 0 unspecified atom stereocenters. The molecule has 1 fully saturated rings. The second kappa shape index (κ2) is 3.41. The van der Waals surface area contributed by atoms with E-state index < -0.39 is 9.93 Å². The van der Waals surface area contributed by atoms with Crippen molar-refractivity contribution < 1.29 is 5.11 Å². The first-order valence-corrected chi connectivity index (χ1v) is 4.79. The third-order valence-electron chi connectivity index (χ3n) is 2.41. The molecule has 12 heavy (non-hydrogen) atoms. The van der Waals surface area contributed by atoms with E-state index in [0.29, 0.717) is 12.8 Å². The smallest absolute Gasteiger partial charge is 0.231 e. The fourth-order valence-corrected chi connectivity index (χ4v) is 1.93. The Balaban J connectivity index is 2.76. The van der Waals surface area contributed by atoms with E-state index in [2.05, 4.69) is 0 Å². The molecule has 0 aromatic carbocycles. The summed E-state index contributed by atoms with van der Waals surface area (Å²) in [6.45, 7) is 0. The molecule has 0 aliphatic heterocycles. The lowest BCUT2D eigenvalue weighted by Crippen LogP contribution is -2.46. The zero-order chi connectivity index (χ0) is 9.24. The molecular weight excluding hydrogens is 197 g/mol. The normalized spacial score (nSPS) is 23.2. The molecule has 1 rings (SSSR count). The number of alkyl halides is 2. The molecule has 1 aliphatic carbocycles. The van der Waals surface area contributed by atoms with Gasteiger partial charge in [0.25, 0.3) is 0 Å². The van der Waals surface area contributed by atoms with Gasteiger partial charge in [-0.25, -0.2) is 0 Å². The van der Waals surface area contributed by atoms with Crippen LogP contribution in [0.1, 0.15) is 32.1 Å². The van der Waals surface area contributed by atoms with Crippen molar-refractivity contribution >= 4 is 23.2 Å². The molecule has 1 aliphatic rings. The van der Waals surface area contributed by atoms with Crippen molar-refractivity contribution in [3.63, 3.8) is 0 Å². The van der Waals surface area contributed by atoms with Crippen LogP contribution in [0.15, 0.2) is 0 Å². The van der Waals surface area contributed by atoms with Crippen LogP contribution < -0.4 is 0 Å². The second-order valence-corrected chi connectivity index (χ2v) is 4.61. The van der Waals surface area contributed by atoms with Gasteiger partial charge in [-0.2, -0.15) is 5.26 Å². The van der Waals surface area contributed by atoms with Crippen molar-refractivity contribution in [2.45, 2.75) is 42.0 Å². The summed E-state index contributed by atoms with van der Waals surface area (Å²) in [5.74, 6) is 0. The molecule has 2 nitrogen and oxygen atoms in total. The van der Waals surface area contributed by atoms with Crippen molar-refractivity contribution in [1.82, 2.24) is 0 Å². The number of rotatable bonds is 1. The van der Waals surface area contributed by atoms with Crippen molar-refractivity contribution in [2.75, 3.05) is 0 Å². The van der Waals surface area contributed by atoms with Gasteiger partial charge >= 0.3 is 0 Å². The molecule has 0 aromatic heterocycles. The summed E-state index contributed by atoms with van der Waals surface area (Å²) in [7, 11) is 0. The van der Waals surface area contributed by atoms with E-state index in [9.17, 15) is 5.11 Å². The van der Waals surface area contributed by atoms with Crippen LogP contribution in [0.3, 0.4) is 0 Å². The van der Waals surface area contributed by atoms with E-state index in [-0.39, 0.29) is 0 Å². The maximum absolute atomic E-state index is 9.91. The second-order valence-electron chi connectivity index (χ2n) is 3.28. The summed E-state index contributed by atoms with van der Waals surface area (Å²) in [5, 5.41) is 18.6. The van der Waals surface area contributed by atoms with Gasteiger partial charge < -0.3 is 5.11 Å². The Morgan fingerprint density at radius 3 is 2.17 bits per heavy atom. The SMILES string of the molecule is N#CC(Cl)(Cl)C1(O)CCCCC1. The van der Waals surface area contributed by atoms with Crippen LogP contribution in [0.5, 0.6) is 0 Å². The van der Waals surface area contributed by atoms with E-state index in [1.54, 1.807) is 6.07 Å². The minimum atomic E-state index is -1.65. The van der Waals surface area contributed by atoms with Crippen LogP contribution in [0.4, 0.5) is 0 Å². The molecule has 0 aromatic rings. The van der Waals surface area contributed by atoms with E-state index >= 15 is 0 Å². The number of hydrogen-bond donors (Lipinski definition) is 1. The molecule has 0 heterocycles. The molecule has 68 valence electrons. The van der Waals surface area contributed by atoms with Crippen LogP contribution in [-0.2, 0) is 0 Å². The van der Waals surface area contributed by atoms with E-state index in [0.717, 1.165) is 19.3 Å². The van der Waals surface area contributed by atoms with Gasteiger partial charge in [0.2, 0.25) is 4.33 Å². The lowest BCUT2D eigenvalue weighted by molar-refractivity contribution is 0.00163. The Morgan fingerprint density at radius 2 is 1.75 bits per heavy atom. The number of halogens is 2. The Bertz CT molecular complexity index is 204. The Labute approximate surface area is 82.1 Å². The van der Waals surface area contributed by atoms with Crippen molar-refractivity contribution in [1.29, 1.82) is 5.26 Å². The highest BCUT2D eigenvalue weighted by Crippen LogP contribution is 2.43. The average Bonchev–Trinajstić information content (AvgIpc) is 2.06. The quantitative estimate of drug-likeness (QED) is 0.672. The first-order chi connectivity index (χ1) is 5.52. The first-order valence-electron chi connectivity index (χ1n) is 4.03. The van der Waals surface area contributed by atoms with Crippen molar-refractivity contribution in [3.05, 3.63) is 0 Å². The summed E-state index contributed by atoms with van der Waals surface area (Å²) in [6.07, 6.45) is 3.90. The van der Waals surface area contributed by atoms with Gasteiger partial charge in [0, 0.05) is 0 Å². The lowest BCUT2D eigenvalue weighted by atomic mass is 9.82. The van der Waals surface area contributed by atoms with Crippen LogP contribution in [0.2, 0.25) is 0 Å². The Kier molecular flexibility index (Phi) is 2.88. The number of nitriles is 1. The molecule has 1 N–H and O–H groups in total. The highest BCUT2D eigenvalue weighted by molar-refractivity contribution is 6.51. The van der Waals surface area contributed by atoms with Crippen molar-refractivity contribution in [2.24, 2.45) is 0 Å². The molecule has 0 radical (unpaired) electrons. The molecule has 0 amide bonds. The van der Waals surface area contributed by atoms with E-state index in [1.165, 1.54) is 0 Å². The van der Waals surface area contributed by atoms with Crippen LogP contribution in [0, 0.1) is 11.3 Å². The molecule has 0 bridgehead atoms. The van der Waals surface area contributed by atoms with E-state index in [1.807, 2.05) is 0 Å². The molecular formula is C8H11Cl2NO. The van der Waals surface area contributed by atoms with Crippen molar-refractivity contribution in [3.8, 4) is 6.07 Å². The fourth-order valence-electron chi connectivity index (χ4n) is 1.55. The highest BCUT2D eigenvalue weighted by atomic mass is 35.5. The number of hydrogen-bond acceptors (Lipinski definition) is 2. The molecule has 1 saturated carbocycles. The summed E-state index contributed by atoms with van der Waals surface area (Å²) in [5.41, 5.74) is -1.21. The number of nitrogens with zero attached hydrogens (tertiary/aromatic N) is 1. The molecule has 0 saturated heterocycles. The van der Waals surface area contributed by atoms with Gasteiger partial charge in [0.05, 0.1) is 0 Å². The number of aliphatic hydroxyl groups is 1. The van der Waals surface area contributed by atoms with Crippen LogP contribution >= 0.6 is 23.2 Å². The lowest BCUT2D eigenvalue weighted by Gasteiger charge is -2.37. The highest BCUT2D eigenvalue weighted by Gasteiger charge is 2.48.